The number of hydrogen-bond donors (Lipinski definition) is 6. The Kier molecular flexibility index (Phi) is 8.67. The van der Waals surface area contributed by atoms with Crippen LogP contribution in [0.4, 0.5) is 0 Å². The van der Waals surface area contributed by atoms with Gasteiger partial charge in [-0.05, 0) is 0 Å². The molecule has 1 aliphatic heterocycles. The highest BCUT2D eigenvalue weighted by Gasteiger charge is 2.44. The molecule has 12 nitrogen and oxygen atoms in total. The van der Waals surface area contributed by atoms with Gasteiger partial charge < -0.3 is 44.4 Å². The van der Waals surface area contributed by atoms with Crippen molar-refractivity contribution in [3.63, 3.8) is 0 Å². The first-order valence-electron chi connectivity index (χ1n) is 6.92. The van der Waals surface area contributed by atoms with E-state index in [9.17, 15) is 24.7 Å². The Labute approximate surface area is 136 Å². The number of carbonyl (C=O) groups is 1. The van der Waals surface area contributed by atoms with Gasteiger partial charge in [-0.2, -0.15) is 0 Å². The molecule has 0 spiro atoms. The normalized spacial score (nSPS) is 31.1. The number of aliphatic carboxylic acids is 1. The largest absolute Gasteiger partial charge is 0.481 e. The van der Waals surface area contributed by atoms with Crippen LogP contribution in [0, 0.1) is 0 Å². The van der Waals surface area contributed by atoms with Crippen LogP contribution in [0.5, 0.6) is 0 Å². The minimum atomic E-state index is -4.80. The van der Waals surface area contributed by atoms with Crippen LogP contribution < -0.4 is 0 Å². The first-order valence-corrected chi connectivity index (χ1v) is 8.45. The Balaban J connectivity index is 2.42. The standard InChI is InChI=1S/C11H21O12P/c12-7(13)1-2-20-3-4-21-11-10(16)9(15)8(14)6(23-11)5-22-24(17,18)19/h6,8-11,14-16H,1-5H2,(H,12,13)(H2,17,18,19). The van der Waals surface area contributed by atoms with Crippen molar-refractivity contribution in [2.45, 2.75) is 37.1 Å². The minimum absolute atomic E-state index is 0.0117. The number of phosphoric acid groups is 1. The number of hydrogen-bond acceptors (Lipinski definition) is 9. The quantitative estimate of drug-likeness (QED) is 0.172. The summed E-state index contributed by atoms with van der Waals surface area (Å²) in [6.07, 6.45) is -7.84. The van der Waals surface area contributed by atoms with Crippen molar-refractivity contribution in [1.82, 2.24) is 0 Å². The van der Waals surface area contributed by atoms with Crippen LogP contribution >= 0.6 is 7.82 Å². The van der Waals surface area contributed by atoms with E-state index < -0.39 is 51.1 Å². The summed E-state index contributed by atoms with van der Waals surface area (Å²) >= 11 is 0. The fourth-order valence-corrected chi connectivity index (χ4v) is 2.19. The van der Waals surface area contributed by atoms with E-state index in [4.69, 9.17) is 29.1 Å². The Morgan fingerprint density at radius 2 is 1.71 bits per heavy atom. The van der Waals surface area contributed by atoms with E-state index in [0.717, 1.165) is 0 Å². The van der Waals surface area contributed by atoms with Gasteiger partial charge in [0.1, 0.15) is 24.4 Å². The van der Waals surface area contributed by atoms with Crippen molar-refractivity contribution in [2.75, 3.05) is 26.4 Å². The zero-order valence-electron chi connectivity index (χ0n) is 12.5. The monoisotopic (exact) mass is 376 g/mol. The summed E-state index contributed by atoms with van der Waals surface area (Å²) in [4.78, 5) is 27.5. The van der Waals surface area contributed by atoms with Crippen LogP contribution in [0.25, 0.3) is 0 Å². The molecule has 5 unspecified atom stereocenters. The molecule has 0 aromatic carbocycles. The van der Waals surface area contributed by atoms with E-state index >= 15 is 0 Å². The molecule has 1 aliphatic rings. The van der Waals surface area contributed by atoms with Gasteiger partial charge in [-0.3, -0.25) is 9.32 Å². The molecule has 0 radical (unpaired) electrons. The molecule has 1 rings (SSSR count). The summed E-state index contributed by atoms with van der Waals surface area (Å²) in [7, 11) is -4.80. The van der Waals surface area contributed by atoms with Gasteiger partial charge in [-0.25, -0.2) is 4.57 Å². The van der Waals surface area contributed by atoms with Gasteiger partial charge in [0.2, 0.25) is 0 Å². The molecule has 1 saturated heterocycles. The van der Waals surface area contributed by atoms with Gasteiger partial charge in [0, 0.05) is 0 Å². The summed E-state index contributed by atoms with van der Waals surface area (Å²) < 4.78 is 30.1. The lowest BCUT2D eigenvalue weighted by Crippen LogP contribution is -2.59. The zero-order valence-corrected chi connectivity index (χ0v) is 13.4. The van der Waals surface area contributed by atoms with Crippen LogP contribution in [-0.2, 0) is 28.1 Å². The molecule has 0 saturated carbocycles. The third-order valence-electron chi connectivity index (χ3n) is 3.05. The van der Waals surface area contributed by atoms with Gasteiger partial charge >= 0.3 is 13.8 Å². The maximum absolute atomic E-state index is 10.7. The predicted molar refractivity (Wildman–Crippen MR) is 73.7 cm³/mol. The molecule has 6 N–H and O–H groups in total. The Bertz CT molecular complexity index is 439. The van der Waals surface area contributed by atoms with Crippen LogP contribution in [0.15, 0.2) is 0 Å². The summed E-state index contributed by atoms with van der Waals surface area (Å²) in [6.45, 7) is -0.893. The van der Waals surface area contributed by atoms with Crippen LogP contribution in [0.2, 0.25) is 0 Å². The number of aliphatic hydroxyl groups excluding tert-OH is 3. The number of phosphoric ester groups is 1. The fraction of sp³-hybridized carbons (Fsp3) is 0.909. The molecule has 0 amide bonds. The van der Waals surface area contributed by atoms with Crippen molar-refractivity contribution in [2.24, 2.45) is 0 Å². The van der Waals surface area contributed by atoms with Gasteiger partial charge in [-0.15, -0.1) is 0 Å². The second kappa shape index (κ2) is 9.73. The van der Waals surface area contributed by atoms with Gasteiger partial charge in [0.15, 0.2) is 6.29 Å². The topological polar surface area (TPSA) is 192 Å². The molecule has 0 aromatic heterocycles. The average molecular weight is 376 g/mol. The second-order valence-corrected chi connectivity index (χ2v) is 6.17. The molecule has 1 heterocycles. The number of rotatable bonds is 10. The molecule has 24 heavy (non-hydrogen) atoms. The molecule has 142 valence electrons. The molecule has 5 atom stereocenters. The maximum Gasteiger partial charge on any atom is 0.469 e. The Morgan fingerprint density at radius 1 is 1.04 bits per heavy atom. The van der Waals surface area contributed by atoms with Crippen LogP contribution in [-0.4, -0.2) is 93.3 Å². The first-order chi connectivity index (χ1) is 11.1. The molecule has 1 fully saturated rings. The third-order valence-corrected chi connectivity index (χ3v) is 3.53. The van der Waals surface area contributed by atoms with Crippen LogP contribution in [0.3, 0.4) is 0 Å². The number of ether oxygens (including phenoxy) is 3. The van der Waals surface area contributed by atoms with E-state index in [1.165, 1.54) is 0 Å². The van der Waals surface area contributed by atoms with E-state index in [1.807, 2.05) is 0 Å². The molecule has 0 aromatic rings. The molecular weight excluding hydrogens is 355 g/mol. The highest BCUT2D eigenvalue weighted by Crippen LogP contribution is 2.37. The van der Waals surface area contributed by atoms with Crippen molar-refractivity contribution in [1.29, 1.82) is 0 Å². The van der Waals surface area contributed by atoms with Crippen molar-refractivity contribution in [3.05, 3.63) is 0 Å². The summed E-state index contributed by atoms with van der Waals surface area (Å²) in [5.41, 5.74) is 0. The first kappa shape index (κ1) is 21.4. The zero-order chi connectivity index (χ0) is 18.3. The number of aliphatic hydroxyl groups is 3. The molecular formula is C11H21O12P. The molecule has 0 aliphatic carbocycles. The average Bonchev–Trinajstić information content (AvgIpc) is 2.48. The van der Waals surface area contributed by atoms with E-state index in [-0.39, 0.29) is 26.2 Å². The van der Waals surface area contributed by atoms with Gasteiger partial charge in [-0.1, -0.05) is 0 Å². The summed E-state index contributed by atoms with van der Waals surface area (Å²) in [6, 6.07) is 0. The minimum Gasteiger partial charge on any atom is -0.481 e. The fourth-order valence-electron chi connectivity index (χ4n) is 1.85. The van der Waals surface area contributed by atoms with E-state index in [0.29, 0.717) is 0 Å². The number of carboxylic acid groups (broad SMARTS) is 1. The van der Waals surface area contributed by atoms with Crippen molar-refractivity contribution >= 4 is 13.8 Å². The van der Waals surface area contributed by atoms with Gasteiger partial charge in [0.25, 0.3) is 0 Å². The lowest BCUT2D eigenvalue weighted by molar-refractivity contribution is -0.301. The smallest absolute Gasteiger partial charge is 0.469 e. The van der Waals surface area contributed by atoms with Crippen LogP contribution in [0.1, 0.15) is 6.42 Å². The van der Waals surface area contributed by atoms with Crippen molar-refractivity contribution < 1.29 is 58.3 Å². The Hall–Kier alpha value is -0.660. The molecule has 0 bridgehead atoms. The summed E-state index contributed by atoms with van der Waals surface area (Å²) in [5, 5.41) is 37.6. The second-order valence-electron chi connectivity index (χ2n) is 4.93. The van der Waals surface area contributed by atoms with Gasteiger partial charge in [0.05, 0.1) is 32.8 Å². The SMILES string of the molecule is O=C(O)CCOCCOC1OC(COP(=O)(O)O)C(O)C(O)C1O. The van der Waals surface area contributed by atoms with Crippen molar-refractivity contribution in [3.8, 4) is 0 Å². The highest BCUT2D eigenvalue weighted by molar-refractivity contribution is 7.46. The highest BCUT2D eigenvalue weighted by atomic mass is 31.2. The lowest BCUT2D eigenvalue weighted by Gasteiger charge is -2.40. The predicted octanol–water partition coefficient (Wildman–Crippen LogP) is -2.59. The number of carboxylic acids is 1. The van der Waals surface area contributed by atoms with E-state index in [1.54, 1.807) is 0 Å². The Morgan fingerprint density at radius 3 is 2.29 bits per heavy atom. The van der Waals surface area contributed by atoms with E-state index in [2.05, 4.69) is 4.52 Å². The third kappa shape index (κ3) is 7.49. The lowest BCUT2D eigenvalue weighted by atomic mass is 9.99. The maximum atomic E-state index is 10.7. The molecule has 13 heteroatoms. The summed E-state index contributed by atoms with van der Waals surface area (Å²) in [5.74, 6) is -1.02.